The lowest BCUT2D eigenvalue weighted by molar-refractivity contribution is -0.118. The number of amides is 2. The van der Waals surface area contributed by atoms with E-state index in [1.807, 2.05) is 37.3 Å². The first-order valence-electron chi connectivity index (χ1n) is 8.05. The van der Waals surface area contributed by atoms with Crippen LogP contribution in [0.5, 0.6) is 5.75 Å². The lowest BCUT2D eigenvalue weighted by Crippen LogP contribution is -2.33. The van der Waals surface area contributed by atoms with E-state index < -0.39 is 5.91 Å². The molecule has 0 aromatic heterocycles. The molecular formula is C19H21BrN2O3. The zero-order valence-corrected chi connectivity index (χ0v) is 15.7. The number of carbonyl (C=O) groups excluding carboxylic acids is 2. The Kier molecular flexibility index (Phi) is 7.01. The van der Waals surface area contributed by atoms with Crippen LogP contribution < -0.4 is 10.5 Å². The van der Waals surface area contributed by atoms with Gasteiger partial charge < -0.3 is 15.4 Å². The van der Waals surface area contributed by atoms with E-state index in [-0.39, 0.29) is 18.9 Å². The molecule has 0 spiro atoms. The lowest BCUT2D eigenvalue weighted by Gasteiger charge is -2.23. The maximum atomic E-state index is 12.9. The fraction of sp³-hybridized carbons (Fsp3) is 0.263. The van der Waals surface area contributed by atoms with Crippen LogP contribution in [-0.2, 0) is 11.3 Å². The molecule has 2 N–H and O–H groups in total. The molecular weight excluding hydrogens is 384 g/mol. The van der Waals surface area contributed by atoms with Crippen molar-refractivity contribution in [1.29, 1.82) is 0 Å². The highest BCUT2D eigenvalue weighted by molar-refractivity contribution is 9.10. The second-order valence-electron chi connectivity index (χ2n) is 5.51. The summed E-state index contributed by atoms with van der Waals surface area (Å²) >= 11 is 3.42. The highest BCUT2D eigenvalue weighted by atomic mass is 79.9. The summed E-state index contributed by atoms with van der Waals surface area (Å²) in [6, 6.07) is 14.9. The summed E-state index contributed by atoms with van der Waals surface area (Å²) in [6.07, 6.45) is 0.122. The summed E-state index contributed by atoms with van der Waals surface area (Å²) in [7, 11) is 0. The maximum Gasteiger partial charge on any atom is 0.254 e. The minimum Gasteiger partial charge on any atom is -0.493 e. The SMILES string of the molecule is CCOc1ccc(C(=O)N(CCC(N)=O)Cc2ccccc2)cc1Br. The summed E-state index contributed by atoms with van der Waals surface area (Å²) in [6.45, 7) is 3.13. The number of rotatable bonds is 8. The molecule has 0 saturated carbocycles. The van der Waals surface area contributed by atoms with Crippen molar-refractivity contribution in [3.05, 3.63) is 64.1 Å². The van der Waals surface area contributed by atoms with Gasteiger partial charge in [0.25, 0.3) is 5.91 Å². The fourth-order valence-electron chi connectivity index (χ4n) is 2.39. The van der Waals surface area contributed by atoms with Crippen LogP contribution in [0.2, 0.25) is 0 Å². The topological polar surface area (TPSA) is 72.6 Å². The first-order chi connectivity index (χ1) is 12.0. The van der Waals surface area contributed by atoms with Crippen molar-refractivity contribution in [1.82, 2.24) is 4.90 Å². The normalized spacial score (nSPS) is 10.3. The number of carbonyl (C=O) groups is 2. The van der Waals surface area contributed by atoms with Crippen LogP contribution in [-0.4, -0.2) is 29.9 Å². The van der Waals surface area contributed by atoms with Gasteiger partial charge in [-0.2, -0.15) is 0 Å². The largest absolute Gasteiger partial charge is 0.493 e. The van der Waals surface area contributed by atoms with Gasteiger partial charge in [-0.05, 0) is 46.6 Å². The van der Waals surface area contributed by atoms with E-state index in [9.17, 15) is 9.59 Å². The number of nitrogens with zero attached hydrogens (tertiary/aromatic N) is 1. The van der Waals surface area contributed by atoms with Crippen LogP contribution in [0.1, 0.15) is 29.3 Å². The van der Waals surface area contributed by atoms with Gasteiger partial charge in [-0.3, -0.25) is 9.59 Å². The molecule has 0 atom stereocenters. The van der Waals surface area contributed by atoms with E-state index in [1.54, 1.807) is 23.1 Å². The number of halogens is 1. The third-order valence-corrected chi connectivity index (χ3v) is 4.23. The van der Waals surface area contributed by atoms with Crippen LogP contribution in [0.3, 0.4) is 0 Å². The summed E-state index contributed by atoms with van der Waals surface area (Å²) < 4.78 is 6.19. The fourth-order valence-corrected chi connectivity index (χ4v) is 2.88. The molecule has 0 radical (unpaired) electrons. The predicted molar refractivity (Wildman–Crippen MR) is 100 cm³/mol. The van der Waals surface area contributed by atoms with Gasteiger partial charge in [-0.25, -0.2) is 0 Å². The Labute approximate surface area is 155 Å². The van der Waals surface area contributed by atoms with Crippen LogP contribution in [0.15, 0.2) is 53.0 Å². The van der Waals surface area contributed by atoms with Gasteiger partial charge >= 0.3 is 0 Å². The van der Waals surface area contributed by atoms with Crippen molar-refractivity contribution >= 4 is 27.7 Å². The molecule has 132 valence electrons. The van der Waals surface area contributed by atoms with E-state index in [2.05, 4.69) is 15.9 Å². The first kappa shape index (κ1) is 19.0. The molecule has 0 aliphatic heterocycles. The number of hydrogen-bond donors (Lipinski definition) is 1. The smallest absolute Gasteiger partial charge is 0.254 e. The summed E-state index contributed by atoms with van der Waals surface area (Å²) in [4.78, 5) is 25.7. The second-order valence-corrected chi connectivity index (χ2v) is 6.36. The third kappa shape index (κ3) is 5.60. The zero-order chi connectivity index (χ0) is 18.2. The number of nitrogens with two attached hydrogens (primary N) is 1. The van der Waals surface area contributed by atoms with Gasteiger partial charge in [0.05, 0.1) is 11.1 Å². The number of hydrogen-bond acceptors (Lipinski definition) is 3. The van der Waals surface area contributed by atoms with Crippen LogP contribution in [0.4, 0.5) is 0 Å². The predicted octanol–water partition coefficient (Wildman–Crippen LogP) is 3.37. The maximum absolute atomic E-state index is 12.9. The number of benzene rings is 2. The van der Waals surface area contributed by atoms with Crippen molar-refractivity contribution in [2.24, 2.45) is 5.73 Å². The molecule has 2 amide bonds. The molecule has 0 bridgehead atoms. The molecule has 6 heteroatoms. The minimum atomic E-state index is -0.432. The molecule has 0 aliphatic rings. The summed E-state index contributed by atoms with van der Waals surface area (Å²) in [5.41, 5.74) is 6.76. The highest BCUT2D eigenvalue weighted by Crippen LogP contribution is 2.26. The average Bonchev–Trinajstić information content (AvgIpc) is 2.60. The number of primary amides is 1. The van der Waals surface area contributed by atoms with Crippen molar-refractivity contribution < 1.29 is 14.3 Å². The molecule has 0 saturated heterocycles. The van der Waals surface area contributed by atoms with Crippen LogP contribution in [0, 0.1) is 0 Å². The van der Waals surface area contributed by atoms with Crippen molar-refractivity contribution in [2.45, 2.75) is 19.9 Å². The van der Waals surface area contributed by atoms with Gasteiger partial charge in [-0.15, -0.1) is 0 Å². The van der Waals surface area contributed by atoms with Gasteiger partial charge in [0, 0.05) is 25.1 Å². The molecule has 0 unspecified atom stereocenters. The van der Waals surface area contributed by atoms with Crippen LogP contribution in [0.25, 0.3) is 0 Å². The lowest BCUT2D eigenvalue weighted by atomic mass is 10.1. The molecule has 25 heavy (non-hydrogen) atoms. The van der Waals surface area contributed by atoms with E-state index >= 15 is 0 Å². The summed E-state index contributed by atoms with van der Waals surface area (Å²) in [5, 5.41) is 0. The molecule has 5 nitrogen and oxygen atoms in total. The highest BCUT2D eigenvalue weighted by Gasteiger charge is 2.18. The van der Waals surface area contributed by atoms with Crippen molar-refractivity contribution in [3.8, 4) is 5.75 Å². The Bertz CT molecular complexity index is 735. The van der Waals surface area contributed by atoms with Crippen molar-refractivity contribution in [3.63, 3.8) is 0 Å². The monoisotopic (exact) mass is 404 g/mol. The molecule has 0 heterocycles. The van der Waals surface area contributed by atoms with Gasteiger partial charge in [0.15, 0.2) is 0 Å². The third-order valence-electron chi connectivity index (χ3n) is 3.61. The minimum absolute atomic E-state index is 0.122. The Balaban J connectivity index is 2.21. The van der Waals surface area contributed by atoms with E-state index in [0.717, 1.165) is 10.0 Å². The molecule has 2 rings (SSSR count). The Morgan fingerprint density at radius 1 is 1.16 bits per heavy atom. The number of ether oxygens (including phenoxy) is 1. The molecule has 2 aromatic rings. The average molecular weight is 405 g/mol. The van der Waals surface area contributed by atoms with Crippen LogP contribution >= 0.6 is 15.9 Å². The zero-order valence-electron chi connectivity index (χ0n) is 14.1. The quantitative estimate of drug-likeness (QED) is 0.732. The van der Waals surface area contributed by atoms with E-state index in [0.29, 0.717) is 24.5 Å². The first-order valence-corrected chi connectivity index (χ1v) is 8.84. The van der Waals surface area contributed by atoms with Gasteiger partial charge in [-0.1, -0.05) is 30.3 Å². The standard InChI is InChI=1S/C19H21BrN2O3/c1-2-25-17-9-8-15(12-16(17)20)19(24)22(11-10-18(21)23)13-14-6-4-3-5-7-14/h3-9,12H,2,10-11,13H2,1H3,(H2,21,23). The Hall–Kier alpha value is -2.34. The van der Waals surface area contributed by atoms with E-state index in [4.69, 9.17) is 10.5 Å². The van der Waals surface area contributed by atoms with Crippen molar-refractivity contribution in [2.75, 3.05) is 13.2 Å². The van der Waals surface area contributed by atoms with E-state index in [1.165, 1.54) is 0 Å². The molecule has 0 fully saturated rings. The molecule has 2 aromatic carbocycles. The Morgan fingerprint density at radius 3 is 2.48 bits per heavy atom. The van der Waals surface area contributed by atoms with Gasteiger partial charge in [0.2, 0.25) is 5.91 Å². The Morgan fingerprint density at radius 2 is 1.88 bits per heavy atom. The second kappa shape index (κ2) is 9.22. The molecule has 0 aliphatic carbocycles. The van der Waals surface area contributed by atoms with Gasteiger partial charge in [0.1, 0.15) is 5.75 Å². The summed E-state index contributed by atoms with van der Waals surface area (Å²) in [5.74, 6) is 0.0957.